The van der Waals surface area contributed by atoms with E-state index in [4.69, 9.17) is 11.6 Å². The molecule has 1 aromatic rings. The second-order valence-electron chi connectivity index (χ2n) is 4.04. The molecule has 92 valence electrons. The predicted molar refractivity (Wildman–Crippen MR) is 77.3 cm³/mol. The van der Waals surface area contributed by atoms with Crippen molar-refractivity contribution < 1.29 is 4.79 Å². The number of nitrogens with zero attached hydrogens (tertiary/aromatic N) is 1. The molecule has 0 radical (unpaired) electrons. The standard InChI is InChI=1S/C14H12ClNOS/c1-9-7-12(17)8-10(2)14(9)16-18-13-5-3-11(15)4-6-13/h3-8H,1-2H3. The molecule has 2 nitrogen and oxygen atoms in total. The van der Waals surface area contributed by atoms with Crippen LogP contribution in [0.15, 0.2) is 56.9 Å². The molecule has 1 aliphatic carbocycles. The van der Waals surface area contributed by atoms with Crippen molar-refractivity contribution in [2.45, 2.75) is 18.7 Å². The van der Waals surface area contributed by atoms with Gasteiger partial charge in [-0.05, 0) is 61.4 Å². The van der Waals surface area contributed by atoms with Crippen molar-refractivity contribution in [2.75, 3.05) is 0 Å². The van der Waals surface area contributed by atoms with Gasteiger partial charge in [-0.15, -0.1) is 0 Å². The Bertz CT molecular complexity index is 546. The van der Waals surface area contributed by atoms with Gasteiger partial charge in [0.05, 0.1) is 5.71 Å². The fraction of sp³-hybridized carbons (Fsp3) is 0.143. The largest absolute Gasteiger partial charge is 0.290 e. The minimum atomic E-state index is 0.0282. The first-order valence-electron chi connectivity index (χ1n) is 5.48. The number of hydrogen-bond donors (Lipinski definition) is 0. The number of ketones is 1. The number of hydrogen-bond acceptors (Lipinski definition) is 3. The lowest BCUT2D eigenvalue weighted by Crippen LogP contribution is -2.10. The molecule has 0 heterocycles. The fourth-order valence-corrected chi connectivity index (χ4v) is 2.52. The van der Waals surface area contributed by atoms with Gasteiger partial charge in [0.2, 0.25) is 0 Å². The van der Waals surface area contributed by atoms with E-state index in [9.17, 15) is 4.79 Å². The Morgan fingerprint density at radius 1 is 1.06 bits per heavy atom. The van der Waals surface area contributed by atoms with Gasteiger partial charge in [-0.1, -0.05) is 11.6 Å². The highest BCUT2D eigenvalue weighted by Gasteiger charge is 2.13. The predicted octanol–water partition coefficient (Wildman–Crippen LogP) is 4.26. The molecule has 0 amide bonds. The van der Waals surface area contributed by atoms with Crippen molar-refractivity contribution in [3.63, 3.8) is 0 Å². The zero-order chi connectivity index (χ0) is 13.1. The van der Waals surface area contributed by atoms with E-state index >= 15 is 0 Å². The quantitative estimate of drug-likeness (QED) is 0.597. The molecule has 0 aliphatic heterocycles. The van der Waals surface area contributed by atoms with E-state index in [-0.39, 0.29) is 5.78 Å². The van der Waals surface area contributed by atoms with Crippen LogP contribution in [-0.4, -0.2) is 11.5 Å². The minimum Gasteiger partial charge on any atom is -0.290 e. The van der Waals surface area contributed by atoms with Crippen LogP contribution in [0.5, 0.6) is 0 Å². The van der Waals surface area contributed by atoms with Gasteiger partial charge < -0.3 is 0 Å². The summed E-state index contributed by atoms with van der Waals surface area (Å²) < 4.78 is 4.48. The van der Waals surface area contributed by atoms with E-state index in [0.29, 0.717) is 5.02 Å². The SMILES string of the molecule is CC1=CC(=O)C=C(C)C1=NSc1ccc(Cl)cc1. The van der Waals surface area contributed by atoms with Crippen molar-refractivity contribution in [1.29, 1.82) is 0 Å². The Morgan fingerprint density at radius 3 is 2.17 bits per heavy atom. The van der Waals surface area contributed by atoms with E-state index in [1.807, 2.05) is 38.1 Å². The summed E-state index contributed by atoms with van der Waals surface area (Å²) >= 11 is 7.20. The maximum atomic E-state index is 11.3. The average molecular weight is 278 g/mol. The van der Waals surface area contributed by atoms with Gasteiger partial charge in [-0.2, -0.15) is 0 Å². The maximum absolute atomic E-state index is 11.3. The van der Waals surface area contributed by atoms with Crippen LogP contribution in [0.4, 0.5) is 0 Å². The Hall–Kier alpha value is -1.32. The van der Waals surface area contributed by atoms with Gasteiger partial charge in [-0.3, -0.25) is 4.79 Å². The number of carbonyl (C=O) groups excluding carboxylic acids is 1. The van der Waals surface area contributed by atoms with Gasteiger partial charge in [0.1, 0.15) is 0 Å². The molecule has 4 heteroatoms. The van der Waals surface area contributed by atoms with Crippen LogP contribution in [-0.2, 0) is 4.79 Å². The minimum absolute atomic E-state index is 0.0282. The lowest BCUT2D eigenvalue weighted by atomic mass is 9.98. The van der Waals surface area contributed by atoms with Gasteiger partial charge in [0.15, 0.2) is 5.78 Å². The second kappa shape index (κ2) is 5.55. The van der Waals surface area contributed by atoms with Gasteiger partial charge in [0, 0.05) is 21.9 Å². The second-order valence-corrected chi connectivity index (χ2v) is 5.32. The van der Waals surface area contributed by atoms with E-state index in [2.05, 4.69) is 4.40 Å². The summed E-state index contributed by atoms with van der Waals surface area (Å²) in [4.78, 5) is 12.3. The fourth-order valence-electron chi connectivity index (χ4n) is 1.65. The van der Waals surface area contributed by atoms with E-state index < -0.39 is 0 Å². The van der Waals surface area contributed by atoms with E-state index in [1.54, 1.807) is 12.2 Å². The third-order valence-corrected chi connectivity index (χ3v) is 3.53. The monoisotopic (exact) mass is 277 g/mol. The van der Waals surface area contributed by atoms with Crippen LogP contribution in [0.25, 0.3) is 0 Å². The van der Waals surface area contributed by atoms with Crippen molar-refractivity contribution in [3.05, 3.63) is 52.6 Å². The van der Waals surface area contributed by atoms with Crippen LogP contribution >= 0.6 is 23.5 Å². The lowest BCUT2D eigenvalue weighted by molar-refractivity contribution is -0.110. The highest BCUT2D eigenvalue weighted by Crippen LogP contribution is 2.24. The molecule has 0 atom stereocenters. The van der Waals surface area contributed by atoms with Gasteiger partial charge >= 0.3 is 0 Å². The summed E-state index contributed by atoms with van der Waals surface area (Å²) in [5, 5.41) is 0.711. The zero-order valence-electron chi connectivity index (χ0n) is 10.1. The third-order valence-electron chi connectivity index (χ3n) is 2.52. The molecule has 2 rings (SSSR count). The number of carbonyl (C=O) groups is 1. The van der Waals surface area contributed by atoms with Crippen molar-refractivity contribution >= 4 is 35.0 Å². The highest BCUT2D eigenvalue weighted by atomic mass is 35.5. The first-order chi connectivity index (χ1) is 8.56. The Morgan fingerprint density at radius 2 is 1.61 bits per heavy atom. The Labute approximate surface area is 116 Å². The first kappa shape index (κ1) is 13.1. The maximum Gasteiger partial charge on any atom is 0.179 e. The summed E-state index contributed by atoms with van der Waals surface area (Å²) in [6.07, 6.45) is 3.21. The van der Waals surface area contributed by atoms with Crippen molar-refractivity contribution in [2.24, 2.45) is 4.40 Å². The summed E-state index contributed by atoms with van der Waals surface area (Å²) in [7, 11) is 0. The van der Waals surface area contributed by atoms with Crippen LogP contribution in [0.3, 0.4) is 0 Å². The van der Waals surface area contributed by atoms with Crippen molar-refractivity contribution in [1.82, 2.24) is 0 Å². The molecular formula is C14H12ClNOS. The molecule has 0 unspecified atom stereocenters. The van der Waals surface area contributed by atoms with E-state index in [1.165, 1.54) is 11.9 Å². The van der Waals surface area contributed by atoms with Gasteiger partial charge in [-0.25, -0.2) is 4.40 Å². The van der Waals surface area contributed by atoms with Crippen LogP contribution < -0.4 is 0 Å². The summed E-state index contributed by atoms with van der Waals surface area (Å²) in [5.41, 5.74) is 2.68. The number of rotatable bonds is 2. The molecule has 1 aromatic carbocycles. The smallest absolute Gasteiger partial charge is 0.179 e. The number of benzene rings is 1. The molecule has 0 saturated carbocycles. The topological polar surface area (TPSA) is 29.4 Å². The normalized spacial score (nSPS) is 15.3. The highest BCUT2D eigenvalue weighted by molar-refractivity contribution is 7.98. The lowest BCUT2D eigenvalue weighted by Gasteiger charge is -2.10. The molecule has 0 saturated heterocycles. The molecule has 0 fully saturated rings. The molecular weight excluding hydrogens is 266 g/mol. The Kier molecular flexibility index (Phi) is 4.04. The van der Waals surface area contributed by atoms with Gasteiger partial charge in [0.25, 0.3) is 0 Å². The van der Waals surface area contributed by atoms with Crippen LogP contribution in [0.2, 0.25) is 5.02 Å². The summed E-state index contributed by atoms with van der Waals surface area (Å²) in [5.74, 6) is 0.0282. The number of halogens is 1. The van der Waals surface area contributed by atoms with E-state index in [0.717, 1.165) is 21.8 Å². The molecule has 0 spiro atoms. The zero-order valence-corrected chi connectivity index (χ0v) is 11.7. The summed E-state index contributed by atoms with van der Waals surface area (Å²) in [6, 6.07) is 7.51. The van der Waals surface area contributed by atoms with Crippen molar-refractivity contribution in [3.8, 4) is 0 Å². The number of allylic oxidation sites excluding steroid dienone is 4. The molecule has 0 aromatic heterocycles. The average Bonchev–Trinajstić information content (AvgIpc) is 2.30. The Balaban J connectivity index is 2.19. The van der Waals surface area contributed by atoms with Crippen LogP contribution in [0, 0.1) is 0 Å². The third kappa shape index (κ3) is 3.12. The summed E-state index contributed by atoms with van der Waals surface area (Å²) in [6.45, 7) is 3.80. The van der Waals surface area contributed by atoms with Crippen LogP contribution in [0.1, 0.15) is 13.8 Å². The molecule has 1 aliphatic rings. The molecule has 0 bridgehead atoms. The first-order valence-corrected chi connectivity index (χ1v) is 6.63. The molecule has 18 heavy (non-hydrogen) atoms. The molecule has 0 N–H and O–H groups in total.